The van der Waals surface area contributed by atoms with E-state index in [-0.39, 0.29) is 17.9 Å². The highest BCUT2D eigenvalue weighted by atomic mass is 16.3. The van der Waals surface area contributed by atoms with Gasteiger partial charge in [0.05, 0.1) is 11.7 Å². The molecule has 0 unspecified atom stereocenters. The first kappa shape index (κ1) is 22.8. The van der Waals surface area contributed by atoms with Crippen molar-refractivity contribution in [3.05, 3.63) is 59.7 Å². The van der Waals surface area contributed by atoms with Gasteiger partial charge in [-0.2, -0.15) is 0 Å². The SMILES string of the molecule is CN(C)C(=O)CCCCC1=C[C@H]2C[C@@H](O)[C@H](C=C[C@@](C)(O)Cc3ccccc3)[C@H]2C1. The van der Waals surface area contributed by atoms with Crippen LogP contribution in [0.1, 0.15) is 51.0 Å². The summed E-state index contributed by atoms with van der Waals surface area (Å²) in [7, 11) is 3.61. The Labute approximate surface area is 181 Å². The second-order valence-corrected chi connectivity index (χ2v) is 9.61. The Hall–Kier alpha value is -1.91. The van der Waals surface area contributed by atoms with Gasteiger partial charge in [0.25, 0.3) is 0 Å². The van der Waals surface area contributed by atoms with Crippen LogP contribution in [0, 0.1) is 17.8 Å². The van der Waals surface area contributed by atoms with Crippen LogP contribution in [0.25, 0.3) is 0 Å². The molecule has 0 aliphatic heterocycles. The number of aliphatic hydroxyl groups excluding tert-OH is 1. The number of nitrogens with zero attached hydrogens (tertiary/aromatic N) is 1. The molecule has 3 rings (SSSR count). The van der Waals surface area contributed by atoms with Gasteiger partial charge < -0.3 is 15.1 Å². The van der Waals surface area contributed by atoms with Crippen LogP contribution in [0.15, 0.2) is 54.1 Å². The van der Waals surface area contributed by atoms with Crippen LogP contribution in [0.3, 0.4) is 0 Å². The predicted molar refractivity (Wildman–Crippen MR) is 121 cm³/mol. The number of carbonyl (C=O) groups excluding carboxylic acids is 1. The maximum Gasteiger partial charge on any atom is 0.222 e. The Morgan fingerprint density at radius 1 is 1.23 bits per heavy atom. The van der Waals surface area contributed by atoms with E-state index < -0.39 is 5.60 Å². The number of fused-ring (bicyclic) bond motifs is 1. The summed E-state index contributed by atoms with van der Waals surface area (Å²) in [6.45, 7) is 1.84. The molecule has 164 valence electrons. The first-order valence-electron chi connectivity index (χ1n) is 11.3. The predicted octanol–water partition coefficient (Wildman–Crippen LogP) is 4.13. The van der Waals surface area contributed by atoms with Gasteiger partial charge in [-0.25, -0.2) is 0 Å². The van der Waals surface area contributed by atoms with Gasteiger partial charge >= 0.3 is 0 Å². The highest BCUT2D eigenvalue weighted by Crippen LogP contribution is 2.48. The fourth-order valence-corrected chi connectivity index (χ4v) is 5.03. The van der Waals surface area contributed by atoms with Gasteiger partial charge in [0, 0.05) is 32.9 Å². The van der Waals surface area contributed by atoms with E-state index >= 15 is 0 Å². The lowest BCUT2D eigenvalue weighted by Crippen LogP contribution is -2.26. The van der Waals surface area contributed by atoms with E-state index in [0.29, 0.717) is 24.7 Å². The largest absolute Gasteiger partial charge is 0.392 e. The summed E-state index contributed by atoms with van der Waals surface area (Å²) >= 11 is 0. The molecule has 2 N–H and O–H groups in total. The minimum absolute atomic E-state index is 0.0984. The van der Waals surface area contributed by atoms with Crippen molar-refractivity contribution in [3.8, 4) is 0 Å². The molecule has 30 heavy (non-hydrogen) atoms. The molecule has 0 spiro atoms. The van der Waals surface area contributed by atoms with Gasteiger partial charge in [0.1, 0.15) is 0 Å². The summed E-state index contributed by atoms with van der Waals surface area (Å²) in [6.07, 6.45) is 12.0. The molecule has 4 heteroatoms. The second kappa shape index (κ2) is 9.93. The van der Waals surface area contributed by atoms with E-state index in [1.165, 1.54) is 5.57 Å². The van der Waals surface area contributed by atoms with Crippen molar-refractivity contribution in [2.45, 2.75) is 63.6 Å². The van der Waals surface area contributed by atoms with E-state index in [0.717, 1.165) is 37.7 Å². The molecular weight excluding hydrogens is 374 g/mol. The van der Waals surface area contributed by atoms with Gasteiger partial charge in [-0.15, -0.1) is 0 Å². The average Bonchev–Trinajstić information content (AvgIpc) is 3.20. The standard InChI is InChI=1S/C26H37NO3/c1-26(30,18-19-9-5-4-6-10-19)14-13-22-23-16-20(15-21(23)17-24(22)28)11-7-8-12-25(29)27(2)3/h4-6,9-10,13-15,21-24,28,30H,7-8,11-12,16-18H2,1-3H3/t21-,22+,23-,24+,26+/m0/s1. The number of rotatable bonds is 9. The van der Waals surface area contributed by atoms with Crippen molar-refractivity contribution in [1.29, 1.82) is 0 Å². The number of hydrogen-bond donors (Lipinski definition) is 2. The van der Waals surface area contributed by atoms with E-state index in [1.54, 1.807) is 19.0 Å². The lowest BCUT2D eigenvalue weighted by atomic mass is 9.87. The number of hydrogen-bond acceptors (Lipinski definition) is 3. The van der Waals surface area contributed by atoms with Crippen LogP contribution in [0.4, 0.5) is 0 Å². The summed E-state index contributed by atoms with van der Waals surface area (Å²) in [6, 6.07) is 10.0. The fraction of sp³-hybridized carbons (Fsp3) is 0.577. The lowest BCUT2D eigenvalue weighted by molar-refractivity contribution is -0.128. The number of amides is 1. The molecule has 0 aromatic heterocycles. The lowest BCUT2D eigenvalue weighted by Gasteiger charge is -2.23. The summed E-state index contributed by atoms with van der Waals surface area (Å²) in [5.74, 6) is 1.17. The summed E-state index contributed by atoms with van der Waals surface area (Å²) in [4.78, 5) is 13.4. The average molecular weight is 412 g/mol. The Morgan fingerprint density at radius 2 is 1.97 bits per heavy atom. The van der Waals surface area contributed by atoms with Crippen LogP contribution in [0.2, 0.25) is 0 Å². The normalized spacial score (nSPS) is 27.7. The highest BCUT2D eigenvalue weighted by Gasteiger charge is 2.43. The molecular formula is C26H37NO3. The molecule has 2 aliphatic rings. The molecule has 1 saturated carbocycles. The zero-order valence-electron chi connectivity index (χ0n) is 18.6. The van der Waals surface area contributed by atoms with Crippen LogP contribution >= 0.6 is 0 Å². The second-order valence-electron chi connectivity index (χ2n) is 9.61. The topological polar surface area (TPSA) is 60.8 Å². The molecule has 0 bridgehead atoms. The molecule has 4 nitrogen and oxygen atoms in total. The number of aliphatic hydroxyl groups is 2. The number of unbranched alkanes of at least 4 members (excludes halogenated alkanes) is 1. The Morgan fingerprint density at radius 3 is 2.67 bits per heavy atom. The summed E-state index contributed by atoms with van der Waals surface area (Å²) in [5, 5.41) is 21.4. The highest BCUT2D eigenvalue weighted by molar-refractivity contribution is 5.75. The minimum Gasteiger partial charge on any atom is -0.392 e. The molecule has 1 aromatic carbocycles. The summed E-state index contributed by atoms with van der Waals surface area (Å²) < 4.78 is 0. The van der Waals surface area contributed by atoms with Gasteiger partial charge in [-0.1, -0.05) is 54.1 Å². The number of carbonyl (C=O) groups is 1. The van der Waals surface area contributed by atoms with Crippen molar-refractivity contribution in [2.24, 2.45) is 17.8 Å². The van der Waals surface area contributed by atoms with E-state index in [4.69, 9.17) is 0 Å². The van der Waals surface area contributed by atoms with Gasteiger partial charge in [0.15, 0.2) is 0 Å². The first-order chi connectivity index (χ1) is 14.2. The smallest absolute Gasteiger partial charge is 0.222 e. The molecule has 2 aliphatic carbocycles. The third-order valence-corrected chi connectivity index (χ3v) is 6.67. The Kier molecular flexibility index (Phi) is 7.54. The summed E-state index contributed by atoms with van der Waals surface area (Å²) in [5.41, 5.74) is 1.66. The number of allylic oxidation sites excluding steroid dienone is 2. The maximum absolute atomic E-state index is 11.7. The van der Waals surface area contributed by atoms with Crippen molar-refractivity contribution in [1.82, 2.24) is 4.90 Å². The van der Waals surface area contributed by atoms with E-state index in [1.807, 2.05) is 43.3 Å². The molecule has 0 radical (unpaired) electrons. The van der Waals surface area contributed by atoms with Crippen molar-refractivity contribution < 1.29 is 15.0 Å². The maximum atomic E-state index is 11.7. The van der Waals surface area contributed by atoms with Crippen LogP contribution in [-0.4, -0.2) is 46.8 Å². The third kappa shape index (κ3) is 6.05. The number of benzene rings is 1. The molecule has 5 atom stereocenters. The van der Waals surface area contributed by atoms with E-state index in [9.17, 15) is 15.0 Å². The van der Waals surface area contributed by atoms with E-state index in [2.05, 4.69) is 12.2 Å². The van der Waals surface area contributed by atoms with Crippen LogP contribution < -0.4 is 0 Å². The fourth-order valence-electron chi connectivity index (χ4n) is 5.03. The zero-order chi connectivity index (χ0) is 21.7. The first-order valence-corrected chi connectivity index (χ1v) is 11.3. The quantitative estimate of drug-likeness (QED) is 0.474. The van der Waals surface area contributed by atoms with Gasteiger partial charge in [0.2, 0.25) is 5.91 Å². The Bertz CT molecular complexity index is 766. The van der Waals surface area contributed by atoms with Gasteiger partial charge in [-0.05, 0) is 56.4 Å². The Balaban J connectivity index is 1.51. The minimum atomic E-state index is -0.924. The monoisotopic (exact) mass is 411 g/mol. The molecule has 1 aromatic rings. The third-order valence-electron chi connectivity index (χ3n) is 6.67. The van der Waals surface area contributed by atoms with Crippen LogP contribution in [-0.2, 0) is 11.2 Å². The molecule has 1 amide bonds. The van der Waals surface area contributed by atoms with Crippen molar-refractivity contribution in [2.75, 3.05) is 14.1 Å². The molecule has 1 fully saturated rings. The molecule has 0 heterocycles. The van der Waals surface area contributed by atoms with Gasteiger partial charge in [-0.3, -0.25) is 4.79 Å². The molecule has 0 saturated heterocycles. The van der Waals surface area contributed by atoms with Crippen molar-refractivity contribution >= 4 is 5.91 Å². The zero-order valence-corrected chi connectivity index (χ0v) is 18.6. The van der Waals surface area contributed by atoms with Crippen LogP contribution in [0.5, 0.6) is 0 Å². The van der Waals surface area contributed by atoms with Crippen molar-refractivity contribution in [3.63, 3.8) is 0 Å².